The predicted molar refractivity (Wildman–Crippen MR) is 83.1 cm³/mol. The fourth-order valence-electron chi connectivity index (χ4n) is 2.09. The number of nitrogens with zero attached hydrogens (tertiary/aromatic N) is 6. The molecule has 22 heavy (non-hydrogen) atoms. The van der Waals surface area contributed by atoms with E-state index < -0.39 is 0 Å². The Hall–Kier alpha value is -2.13. The summed E-state index contributed by atoms with van der Waals surface area (Å²) in [4.78, 5) is 0.625. The molecule has 4 rings (SSSR count). The summed E-state index contributed by atoms with van der Waals surface area (Å²) in [6.45, 7) is 0.545. The fraction of sp³-hybridized carbons (Fsp3) is 0.0769. The quantitative estimate of drug-likeness (QED) is 0.549. The molecule has 0 aliphatic heterocycles. The smallest absolute Gasteiger partial charge is 0.235 e. The number of aromatic nitrogens is 6. The van der Waals surface area contributed by atoms with Gasteiger partial charge >= 0.3 is 0 Å². The van der Waals surface area contributed by atoms with Gasteiger partial charge in [-0.15, -0.1) is 10.2 Å². The van der Waals surface area contributed by atoms with Crippen LogP contribution >= 0.6 is 27.3 Å². The van der Waals surface area contributed by atoms with Gasteiger partial charge in [-0.2, -0.15) is 14.7 Å². The molecular formula is C13H8BrFN6S. The van der Waals surface area contributed by atoms with Gasteiger partial charge in [0.05, 0.1) is 12.1 Å². The number of rotatable bonds is 3. The maximum atomic E-state index is 14.1. The van der Waals surface area contributed by atoms with E-state index in [1.165, 1.54) is 17.4 Å². The Morgan fingerprint density at radius 1 is 1.27 bits per heavy atom. The molecule has 0 bridgehead atoms. The molecular weight excluding hydrogens is 371 g/mol. The van der Waals surface area contributed by atoms with Gasteiger partial charge in [-0.25, -0.2) is 4.39 Å². The lowest BCUT2D eigenvalue weighted by molar-refractivity contribution is 0.627. The van der Waals surface area contributed by atoms with Crippen molar-refractivity contribution in [1.29, 1.82) is 0 Å². The van der Waals surface area contributed by atoms with Gasteiger partial charge < -0.3 is 0 Å². The molecule has 4 aromatic rings. The van der Waals surface area contributed by atoms with Crippen LogP contribution in [0.5, 0.6) is 0 Å². The zero-order valence-electron chi connectivity index (χ0n) is 11.0. The first-order chi connectivity index (χ1) is 10.7. The van der Waals surface area contributed by atoms with Crippen LogP contribution in [-0.2, 0) is 6.54 Å². The summed E-state index contributed by atoms with van der Waals surface area (Å²) in [6, 6.07) is 6.66. The lowest BCUT2D eigenvalue weighted by Crippen LogP contribution is -2.01. The zero-order valence-corrected chi connectivity index (χ0v) is 13.4. The maximum absolute atomic E-state index is 14.1. The molecule has 0 atom stereocenters. The molecule has 0 radical (unpaired) electrons. The van der Waals surface area contributed by atoms with Crippen LogP contribution in [0.15, 0.2) is 41.1 Å². The minimum atomic E-state index is -0.370. The van der Waals surface area contributed by atoms with Crippen LogP contribution in [0.1, 0.15) is 5.01 Å². The van der Waals surface area contributed by atoms with Crippen molar-refractivity contribution in [3.05, 3.63) is 52.0 Å². The third kappa shape index (κ3) is 2.32. The second-order valence-corrected chi connectivity index (χ2v) is 6.50. The number of hydrogen-bond donors (Lipinski definition) is 0. The first-order valence-electron chi connectivity index (χ1n) is 6.35. The van der Waals surface area contributed by atoms with Crippen molar-refractivity contribution >= 4 is 32.2 Å². The molecule has 0 aliphatic rings. The highest BCUT2D eigenvalue weighted by molar-refractivity contribution is 9.10. The Bertz CT molecular complexity index is 945. The van der Waals surface area contributed by atoms with E-state index in [-0.39, 0.29) is 5.82 Å². The van der Waals surface area contributed by atoms with Crippen molar-refractivity contribution in [2.45, 2.75) is 6.54 Å². The summed E-state index contributed by atoms with van der Waals surface area (Å²) in [5.74, 6) is 0.0215. The average Bonchev–Trinajstić information content (AvgIpc) is 3.17. The van der Waals surface area contributed by atoms with E-state index in [4.69, 9.17) is 0 Å². The Labute approximate surface area is 136 Å². The topological polar surface area (TPSA) is 60.9 Å². The van der Waals surface area contributed by atoms with E-state index in [9.17, 15) is 4.39 Å². The second kappa shape index (κ2) is 5.25. The van der Waals surface area contributed by atoms with Crippen LogP contribution in [0.2, 0.25) is 0 Å². The van der Waals surface area contributed by atoms with Gasteiger partial charge in [0.2, 0.25) is 4.96 Å². The normalized spacial score (nSPS) is 11.4. The molecule has 6 nitrogen and oxygen atoms in total. The maximum Gasteiger partial charge on any atom is 0.235 e. The number of hydrogen-bond acceptors (Lipinski definition) is 5. The van der Waals surface area contributed by atoms with Crippen LogP contribution in [0, 0.1) is 5.82 Å². The van der Waals surface area contributed by atoms with E-state index in [0.29, 0.717) is 27.4 Å². The third-order valence-electron chi connectivity index (χ3n) is 3.06. The first kappa shape index (κ1) is 13.5. The zero-order chi connectivity index (χ0) is 15.1. The van der Waals surface area contributed by atoms with E-state index in [2.05, 4.69) is 36.3 Å². The summed E-state index contributed by atoms with van der Waals surface area (Å²) >= 11 is 4.65. The standard InChI is InChI=1S/C13H8BrFN6S/c14-8-2-3-9(10(15)6-8)12-17-18-13-21(12)19-11(22-13)7-20-5-1-4-16-20/h1-6H,7H2. The van der Waals surface area contributed by atoms with Crippen LogP contribution in [-0.4, -0.2) is 29.6 Å². The van der Waals surface area contributed by atoms with Crippen LogP contribution < -0.4 is 0 Å². The summed E-state index contributed by atoms with van der Waals surface area (Å²) in [7, 11) is 0. The van der Waals surface area contributed by atoms with Gasteiger partial charge in [-0.3, -0.25) is 4.68 Å². The minimum absolute atomic E-state index is 0.367. The van der Waals surface area contributed by atoms with E-state index >= 15 is 0 Å². The molecule has 0 N–H and O–H groups in total. The van der Waals surface area contributed by atoms with Crippen molar-refractivity contribution in [3.8, 4) is 11.4 Å². The number of benzene rings is 1. The minimum Gasteiger partial charge on any atom is -0.266 e. The van der Waals surface area contributed by atoms with Crippen LogP contribution in [0.4, 0.5) is 4.39 Å². The molecule has 0 saturated heterocycles. The van der Waals surface area contributed by atoms with Crippen molar-refractivity contribution < 1.29 is 4.39 Å². The number of halogens is 2. The second-order valence-electron chi connectivity index (χ2n) is 4.54. The highest BCUT2D eigenvalue weighted by Gasteiger charge is 2.16. The van der Waals surface area contributed by atoms with E-state index in [1.807, 2.05) is 12.3 Å². The molecule has 110 valence electrons. The monoisotopic (exact) mass is 378 g/mol. The Morgan fingerprint density at radius 3 is 2.95 bits per heavy atom. The van der Waals surface area contributed by atoms with E-state index in [1.54, 1.807) is 27.5 Å². The van der Waals surface area contributed by atoms with Crippen LogP contribution in [0.25, 0.3) is 16.3 Å². The SMILES string of the molecule is Fc1cc(Br)ccc1-c1nnc2sc(Cn3cccn3)nn12. The van der Waals surface area contributed by atoms with E-state index in [0.717, 1.165) is 5.01 Å². The third-order valence-corrected chi connectivity index (χ3v) is 4.44. The Kier molecular flexibility index (Phi) is 3.23. The summed E-state index contributed by atoms with van der Waals surface area (Å²) < 4.78 is 18.1. The molecule has 0 unspecified atom stereocenters. The summed E-state index contributed by atoms with van der Waals surface area (Å²) in [5.41, 5.74) is 0.367. The highest BCUT2D eigenvalue weighted by Crippen LogP contribution is 2.26. The molecule has 0 fully saturated rings. The lowest BCUT2D eigenvalue weighted by atomic mass is 10.2. The van der Waals surface area contributed by atoms with Gasteiger partial charge in [0, 0.05) is 16.9 Å². The average molecular weight is 379 g/mol. The molecule has 0 spiro atoms. The molecule has 3 heterocycles. The molecule has 1 aromatic carbocycles. The van der Waals surface area contributed by atoms with Gasteiger partial charge in [-0.1, -0.05) is 27.3 Å². The van der Waals surface area contributed by atoms with Gasteiger partial charge in [0.15, 0.2) is 5.82 Å². The molecule has 0 amide bonds. The first-order valence-corrected chi connectivity index (χ1v) is 7.95. The van der Waals surface area contributed by atoms with Gasteiger partial charge in [0.1, 0.15) is 10.8 Å². The van der Waals surface area contributed by atoms with Crippen molar-refractivity contribution in [3.63, 3.8) is 0 Å². The fourth-order valence-corrected chi connectivity index (χ4v) is 3.25. The van der Waals surface area contributed by atoms with Crippen molar-refractivity contribution in [2.75, 3.05) is 0 Å². The summed E-state index contributed by atoms with van der Waals surface area (Å²) in [6.07, 6.45) is 3.57. The van der Waals surface area contributed by atoms with Gasteiger partial charge in [0.25, 0.3) is 0 Å². The van der Waals surface area contributed by atoms with Crippen molar-refractivity contribution in [2.24, 2.45) is 0 Å². The van der Waals surface area contributed by atoms with Gasteiger partial charge in [-0.05, 0) is 24.3 Å². The number of fused-ring (bicyclic) bond motifs is 1. The van der Waals surface area contributed by atoms with Crippen molar-refractivity contribution in [1.82, 2.24) is 29.6 Å². The largest absolute Gasteiger partial charge is 0.266 e. The predicted octanol–water partition coefficient (Wildman–Crippen LogP) is 3.00. The summed E-state index contributed by atoms with van der Waals surface area (Å²) in [5, 5.41) is 17.5. The molecule has 0 saturated carbocycles. The van der Waals surface area contributed by atoms with Crippen LogP contribution in [0.3, 0.4) is 0 Å². The molecule has 3 aromatic heterocycles. The Morgan fingerprint density at radius 2 is 2.18 bits per heavy atom. The molecule has 0 aliphatic carbocycles. The highest BCUT2D eigenvalue weighted by atomic mass is 79.9. The lowest BCUT2D eigenvalue weighted by Gasteiger charge is -2.00. The molecule has 9 heteroatoms. The Balaban J connectivity index is 1.77.